The second-order valence-electron chi connectivity index (χ2n) is 6.09. The Balaban J connectivity index is 1.70. The Hall–Kier alpha value is -1.83. The van der Waals surface area contributed by atoms with E-state index in [1.165, 1.54) is 0 Å². The van der Waals surface area contributed by atoms with Crippen LogP contribution in [0.5, 0.6) is 0 Å². The van der Waals surface area contributed by atoms with Crippen LogP contribution >= 0.6 is 0 Å². The summed E-state index contributed by atoms with van der Waals surface area (Å²) in [5, 5.41) is 0. The Morgan fingerprint density at radius 3 is 2.67 bits per heavy atom. The summed E-state index contributed by atoms with van der Waals surface area (Å²) in [5.74, 6) is 0.149. The number of carbonyl (C=O) groups is 1. The number of hydrogen-bond acceptors (Lipinski definition) is 4. The van der Waals surface area contributed by atoms with E-state index in [4.69, 9.17) is 4.74 Å². The van der Waals surface area contributed by atoms with E-state index < -0.39 is 17.8 Å². The number of pyridine rings is 1. The van der Waals surface area contributed by atoms with Gasteiger partial charge in [-0.1, -0.05) is 0 Å². The molecule has 2 aliphatic heterocycles. The van der Waals surface area contributed by atoms with Gasteiger partial charge in [-0.2, -0.15) is 13.2 Å². The number of rotatable bonds is 2. The molecule has 1 amide bonds. The fourth-order valence-corrected chi connectivity index (χ4v) is 3.09. The van der Waals surface area contributed by atoms with Gasteiger partial charge in [0.05, 0.1) is 18.7 Å². The third-order valence-electron chi connectivity index (χ3n) is 4.41. The first-order valence-electron chi connectivity index (χ1n) is 8.14. The monoisotopic (exact) mass is 343 g/mol. The second-order valence-corrected chi connectivity index (χ2v) is 6.09. The van der Waals surface area contributed by atoms with Crippen LogP contribution in [0.3, 0.4) is 0 Å². The summed E-state index contributed by atoms with van der Waals surface area (Å²) >= 11 is 0. The van der Waals surface area contributed by atoms with Gasteiger partial charge in [-0.3, -0.25) is 4.79 Å². The maximum Gasteiger partial charge on any atom is 0.416 e. The zero-order valence-electron chi connectivity index (χ0n) is 13.3. The predicted molar refractivity (Wildman–Crippen MR) is 81.6 cm³/mol. The number of anilines is 1. The topological polar surface area (TPSA) is 45.7 Å². The first-order chi connectivity index (χ1) is 11.4. The number of nitrogens with zero attached hydrogens (tertiary/aromatic N) is 3. The lowest BCUT2D eigenvalue weighted by Gasteiger charge is -2.36. The SMILES string of the molecule is O=C(C1CN(c2cc(C(F)(F)F)ccn2)CCO1)N1CCCCC1. The van der Waals surface area contributed by atoms with Crippen molar-refractivity contribution < 1.29 is 22.7 Å². The fraction of sp³-hybridized carbons (Fsp3) is 0.625. The van der Waals surface area contributed by atoms with Crippen molar-refractivity contribution >= 4 is 11.7 Å². The first-order valence-corrected chi connectivity index (χ1v) is 8.14. The molecule has 3 heterocycles. The van der Waals surface area contributed by atoms with Crippen molar-refractivity contribution in [3.05, 3.63) is 23.9 Å². The minimum atomic E-state index is -4.41. The van der Waals surface area contributed by atoms with Gasteiger partial charge in [0.15, 0.2) is 6.10 Å². The Morgan fingerprint density at radius 2 is 1.96 bits per heavy atom. The van der Waals surface area contributed by atoms with E-state index in [0.717, 1.165) is 50.7 Å². The summed E-state index contributed by atoms with van der Waals surface area (Å²) in [5.41, 5.74) is -0.738. The molecule has 0 saturated carbocycles. The van der Waals surface area contributed by atoms with Crippen molar-refractivity contribution in [1.82, 2.24) is 9.88 Å². The lowest BCUT2D eigenvalue weighted by molar-refractivity contribution is -0.145. The van der Waals surface area contributed by atoms with E-state index in [1.807, 2.05) is 0 Å². The highest BCUT2D eigenvalue weighted by Gasteiger charge is 2.34. The van der Waals surface area contributed by atoms with Crippen LogP contribution in [-0.4, -0.2) is 54.7 Å². The molecular formula is C16H20F3N3O2. The summed E-state index contributed by atoms with van der Waals surface area (Å²) in [7, 11) is 0. The number of hydrogen-bond donors (Lipinski definition) is 0. The van der Waals surface area contributed by atoms with E-state index in [-0.39, 0.29) is 18.3 Å². The molecule has 1 unspecified atom stereocenters. The fourth-order valence-electron chi connectivity index (χ4n) is 3.09. The second kappa shape index (κ2) is 6.96. The minimum Gasteiger partial charge on any atom is -0.365 e. The number of halogens is 3. The number of amides is 1. The molecule has 3 rings (SSSR count). The molecule has 2 aliphatic rings. The maximum absolute atomic E-state index is 12.9. The van der Waals surface area contributed by atoms with Crippen LogP contribution < -0.4 is 4.90 Å². The van der Waals surface area contributed by atoms with Gasteiger partial charge in [0.25, 0.3) is 5.91 Å². The highest BCUT2D eigenvalue weighted by molar-refractivity contribution is 5.82. The van der Waals surface area contributed by atoms with Gasteiger partial charge < -0.3 is 14.5 Å². The van der Waals surface area contributed by atoms with E-state index in [0.29, 0.717) is 13.2 Å². The molecule has 132 valence electrons. The molecule has 1 aromatic heterocycles. The summed E-state index contributed by atoms with van der Waals surface area (Å²) in [6.45, 7) is 2.38. The van der Waals surface area contributed by atoms with E-state index in [9.17, 15) is 18.0 Å². The molecule has 5 nitrogen and oxygen atoms in total. The van der Waals surface area contributed by atoms with Crippen molar-refractivity contribution in [2.45, 2.75) is 31.5 Å². The average molecular weight is 343 g/mol. The van der Waals surface area contributed by atoms with Crippen molar-refractivity contribution in [2.75, 3.05) is 37.7 Å². The van der Waals surface area contributed by atoms with Gasteiger partial charge in [0.1, 0.15) is 5.82 Å². The number of carbonyl (C=O) groups excluding carboxylic acids is 1. The van der Waals surface area contributed by atoms with Crippen LogP contribution in [0.1, 0.15) is 24.8 Å². The van der Waals surface area contributed by atoms with Gasteiger partial charge in [-0.05, 0) is 31.4 Å². The molecule has 0 radical (unpaired) electrons. The molecule has 2 fully saturated rings. The Kier molecular flexibility index (Phi) is 4.93. The molecule has 0 N–H and O–H groups in total. The zero-order chi connectivity index (χ0) is 17.2. The quantitative estimate of drug-likeness (QED) is 0.827. The number of alkyl halides is 3. The Bertz CT molecular complexity index is 588. The standard InChI is InChI=1S/C16H20F3N3O2/c17-16(18,19)12-4-5-20-14(10-12)22-8-9-24-13(11-22)15(23)21-6-2-1-3-7-21/h4-5,10,13H,1-3,6-9,11H2. The molecule has 2 saturated heterocycles. The van der Waals surface area contributed by atoms with Crippen molar-refractivity contribution in [3.63, 3.8) is 0 Å². The lowest BCUT2D eigenvalue weighted by atomic mass is 10.1. The van der Waals surface area contributed by atoms with Crippen LogP contribution in [0.4, 0.5) is 19.0 Å². The van der Waals surface area contributed by atoms with Gasteiger partial charge >= 0.3 is 6.18 Å². The largest absolute Gasteiger partial charge is 0.416 e. The van der Waals surface area contributed by atoms with Gasteiger partial charge in [-0.15, -0.1) is 0 Å². The van der Waals surface area contributed by atoms with Gasteiger partial charge in [-0.25, -0.2) is 4.98 Å². The van der Waals surface area contributed by atoms with Crippen LogP contribution in [0.25, 0.3) is 0 Å². The molecule has 0 spiro atoms. The summed E-state index contributed by atoms with van der Waals surface area (Å²) in [4.78, 5) is 20.0. The van der Waals surface area contributed by atoms with Crippen LogP contribution in [0, 0.1) is 0 Å². The molecule has 0 bridgehead atoms. The van der Waals surface area contributed by atoms with Gasteiger partial charge in [0, 0.05) is 25.8 Å². The Morgan fingerprint density at radius 1 is 1.21 bits per heavy atom. The normalized spacial score (nSPS) is 22.5. The predicted octanol–water partition coefficient (Wildman–Crippen LogP) is 2.32. The Labute approximate surface area is 138 Å². The molecule has 1 aromatic rings. The summed E-state index contributed by atoms with van der Waals surface area (Å²) in [6, 6.07) is 1.97. The molecule has 24 heavy (non-hydrogen) atoms. The number of piperidine rings is 1. The summed E-state index contributed by atoms with van der Waals surface area (Å²) in [6.07, 6.45) is -0.819. The smallest absolute Gasteiger partial charge is 0.365 e. The van der Waals surface area contributed by atoms with E-state index in [1.54, 1.807) is 9.80 Å². The minimum absolute atomic E-state index is 0.0774. The highest BCUT2D eigenvalue weighted by atomic mass is 19.4. The van der Waals surface area contributed by atoms with E-state index in [2.05, 4.69) is 4.98 Å². The molecule has 1 atom stereocenters. The van der Waals surface area contributed by atoms with Crippen molar-refractivity contribution in [1.29, 1.82) is 0 Å². The van der Waals surface area contributed by atoms with E-state index >= 15 is 0 Å². The maximum atomic E-state index is 12.9. The lowest BCUT2D eigenvalue weighted by Crippen LogP contribution is -2.52. The number of likely N-dealkylation sites (tertiary alicyclic amines) is 1. The molecule has 8 heteroatoms. The number of morpholine rings is 1. The molecule has 0 aromatic carbocycles. The van der Waals surface area contributed by atoms with Crippen LogP contribution in [0.2, 0.25) is 0 Å². The molecular weight excluding hydrogens is 323 g/mol. The highest BCUT2D eigenvalue weighted by Crippen LogP contribution is 2.31. The van der Waals surface area contributed by atoms with Gasteiger partial charge in [0.2, 0.25) is 0 Å². The average Bonchev–Trinajstić information content (AvgIpc) is 2.61. The number of aromatic nitrogens is 1. The number of ether oxygens (including phenoxy) is 1. The first kappa shape index (κ1) is 17.0. The third kappa shape index (κ3) is 3.80. The van der Waals surface area contributed by atoms with Crippen molar-refractivity contribution in [2.24, 2.45) is 0 Å². The summed E-state index contributed by atoms with van der Waals surface area (Å²) < 4.78 is 44.1. The van der Waals surface area contributed by atoms with Crippen LogP contribution in [-0.2, 0) is 15.7 Å². The van der Waals surface area contributed by atoms with Crippen LogP contribution in [0.15, 0.2) is 18.3 Å². The third-order valence-corrected chi connectivity index (χ3v) is 4.41. The molecule has 0 aliphatic carbocycles. The van der Waals surface area contributed by atoms with Crippen molar-refractivity contribution in [3.8, 4) is 0 Å². The zero-order valence-corrected chi connectivity index (χ0v) is 13.3.